The fraction of sp³-hybridized carbons (Fsp3) is 0.353. The molecule has 4 rings (SSSR count). The van der Waals surface area contributed by atoms with Crippen molar-refractivity contribution in [3.63, 3.8) is 0 Å². The molecule has 0 fully saturated rings. The van der Waals surface area contributed by atoms with Crippen molar-refractivity contribution in [1.82, 2.24) is 24.6 Å². The number of hydrogen-bond acceptors (Lipinski definition) is 5. The van der Waals surface area contributed by atoms with E-state index in [0.29, 0.717) is 11.2 Å². The quantitative estimate of drug-likeness (QED) is 0.792. The summed E-state index contributed by atoms with van der Waals surface area (Å²) in [7, 11) is 0. The van der Waals surface area contributed by atoms with E-state index in [4.69, 9.17) is 0 Å². The number of pyridine rings is 1. The number of nitrogens with one attached hydrogen (secondary N) is 1. The summed E-state index contributed by atoms with van der Waals surface area (Å²) < 4.78 is 14.9. The number of hydrogen-bond donors (Lipinski definition) is 1. The third kappa shape index (κ3) is 2.63. The Balaban J connectivity index is 1.80. The lowest BCUT2D eigenvalue weighted by Crippen LogP contribution is -2.17. The Morgan fingerprint density at radius 3 is 2.72 bits per heavy atom. The number of halogens is 1. The number of amides is 1. The van der Waals surface area contributed by atoms with Gasteiger partial charge in [-0.3, -0.25) is 14.5 Å². The van der Waals surface area contributed by atoms with E-state index in [0.717, 1.165) is 43.0 Å². The van der Waals surface area contributed by atoms with Crippen molar-refractivity contribution in [2.24, 2.45) is 0 Å². The van der Waals surface area contributed by atoms with Crippen LogP contribution >= 0.6 is 0 Å². The van der Waals surface area contributed by atoms with E-state index in [1.165, 1.54) is 5.69 Å². The van der Waals surface area contributed by atoms with Crippen LogP contribution in [0.2, 0.25) is 0 Å². The molecule has 0 saturated heterocycles. The predicted molar refractivity (Wildman–Crippen MR) is 89.0 cm³/mol. The number of aromatic nitrogens is 5. The first-order valence-electron chi connectivity index (χ1n) is 8.23. The Morgan fingerprint density at radius 2 is 2.00 bits per heavy atom. The molecule has 3 aromatic rings. The van der Waals surface area contributed by atoms with Crippen LogP contribution in [0.3, 0.4) is 0 Å². The molecular weight excluding hydrogens is 323 g/mol. The molecule has 1 N–H and O–H groups in total. The first kappa shape index (κ1) is 15.6. The van der Waals surface area contributed by atoms with Crippen LogP contribution in [0, 0.1) is 5.82 Å². The Morgan fingerprint density at radius 1 is 1.24 bits per heavy atom. The molecule has 1 aliphatic rings. The largest absolute Gasteiger partial charge is 0.290 e. The zero-order chi connectivity index (χ0) is 17.6. The molecule has 0 atom stereocenters. The second-order valence-electron chi connectivity index (χ2n) is 6.43. The van der Waals surface area contributed by atoms with Gasteiger partial charge in [-0.2, -0.15) is 0 Å². The lowest BCUT2D eigenvalue weighted by atomic mass is 10.1. The van der Waals surface area contributed by atoms with Crippen LogP contribution in [-0.4, -0.2) is 30.5 Å². The van der Waals surface area contributed by atoms with Crippen LogP contribution in [0.4, 0.5) is 10.3 Å². The lowest BCUT2D eigenvalue weighted by molar-refractivity contribution is 0.102. The molecule has 0 aliphatic heterocycles. The average molecular weight is 340 g/mol. The normalized spacial score (nSPS) is 13.4. The van der Waals surface area contributed by atoms with E-state index < -0.39 is 5.82 Å². The molecule has 0 bridgehead atoms. The van der Waals surface area contributed by atoms with Crippen LogP contribution in [0.5, 0.6) is 0 Å². The number of carbonyl (C=O) groups excluding carboxylic acids is 1. The fourth-order valence-corrected chi connectivity index (χ4v) is 3.22. The number of nitrogens with zero attached hydrogens (tertiary/aromatic N) is 5. The summed E-state index contributed by atoms with van der Waals surface area (Å²) in [6, 6.07) is 1.87. The third-order valence-corrected chi connectivity index (χ3v) is 4.35. The Kier molecular flexibility index (Phi) is 3.67. The van der Waals surface area contributed by atoms with Crippen molar-refractivity contribution >= 4 is 17.5 Å². The average Bonchev–Trinajstić information content (AvgIpc) is 3.21. The first-order valence-corrected chi connectivity index (χ1v) is 8.23. The van der Waals surface area contributed by atoms with Crippen LogP contribution in [0.1, 0.15) is 53.6 Å². The predicted octanol–water partition coefficient (Wildman–Crippen LogP) is 2.52. The van der Waals surface area contributed by atoms with E-state index in [2.05, 4.69) is 39.3 Å². The van der Waals surface area contributed by atoms with Gasteiger partial charge in [0.2, 0.25) is 5.95 Å². The molecule has 3 aromatic heterocycles. The van der Waals surface area contributed by atoms with Crippen molar-refractivity contribution in [3.8, 4) is 0 Å². The fourth-order valence-electron chi connectivity index (χ4n) is 3.22. The van der Waals surface area contributed by atoms with Crippen molar-refractivity contribution in [3.05, 3.63) is 46.9 Å². The highest BCUT2D eigenvalue weighted by molar-refractivity contribution is 6.07. The maximum atomic E-state index is 12.9. The van der Waals surface area contributed by atoms with Crippen molar-refractivity contribution in [1.29, 1.82) is 0 Å². The van der Waals surface area contributed by atoms with Crippen molar-refractivity contribution in [2.45, 2.75) is 39.0 Å². The summed E-state index contributed by atoms with van der Waals surface area (Å²) in [5.74, 6) is 0.152. The highest BCUT2D eigenvalue weighted by Gasteiger charge is 2.25. The van der Waals surface area contributed by atoms with Gasteiger partial charge in [0.1, 0.15) is 5.82 Å². The summed E-state index contributed by atoms with van der Waals surface area (Å²) in [6.07, 6.45) is 4.94. The minimum absolute atomic E-state index is 0.0497. The minimum atomic E-state index is -0.558. The topological polar surface area (TPSA) is 85.1 Å². The Hall–Kier alpha value is -2.90. The Labute approximate surface area is 143 Å². The molecule has 0 spiro atoms. The monoisotopic (exact) mass is 340 g/mol. The van der Waals surface area contributed by atoms with Gasteiger partial charge in [0.15, 0.2) is 11.5 Å². The maximum absolute atomic E-state index is 12.9. The molecule has 0 radical (unpaired) electrons. The van der Waals surface area contributed by atoms with Gasteiger partial charge < -0.3 is 0 Å². The smallest absolute Gasteiger partial charge is 0.261 e. The zero-order valence-corrected chi connectivity index (χ0v) is 14.0. The molecule has 0 aromatic carbocycles. The second kappa shape index (κ2) is 5.87. The number of rotatable bonds is 3. The molecule has 1 aliphatic carbocycles. The van der Waals surface area contributed by atoms with E-state index in [-0.39, 0.29) is 17.8 Å². The summed E-state index contributed by atoms with van der Waals surface area (Å²) in [5.41, 5.74) is 3.27. The molecule has 3 heterocycles. The molecule has 7 nitrogen and oxygen atoms in total. The van der Waals surface area contributed by atoms with E-state index in [9.17, 15) is 9.18 Å². The van der Waals surface area contributed by atoms with Crippen LogP contribution in [-0.2, 0) is 12.8 Å². The molecule has 8 heteroatoms. The highest BCUT2D eigenvalue weighted by atomic mass is 19.1. The number of anilines is 1. The van der Waals surface area contributed by atoms with Gasteiger partial charge in [0, 0.05) is 11.6 Å². The van der Waals surface area contributed by atoms with Gasteiger partial charge >= 0.3 is 0 Å². The standard InChI is InChI=1S/C17H17FN6O/c1-9(2)14-22-23-15-12(6-10-4-3-5-13(10)24(14)15)16(25)21-17-19-7-11(18)8-20-17/h6-9H,3-5H2,1-2H3,(H,19,20,21,25). The molecule has 128 valence electrons. The Bertz CT molecular complexity index is 963. The summed E-state index contributed by atoms with van der Waals surface area (Å²) in [6.45, 7) is 4.10. The van der Waals surface area contributed by atoms with Gasteiger partial charge in [-0.05, 0) is 30.9 Å². The van der Waals surface area contributed by atoms with Crippen LogP contribution in [0.15, 0.2) is 18.5 Å². The number of fused-ring (bicyclic) bond motifs is 3. The maximum Gasteiger partial charge on any atom is 0.261 e. The van der Waals surface area contributed by atoms with Gasteiger partial charge in [0.25, 0.3) is 5.91 Å². The number of aryl methyl sites for hydroxylation is 2. The van der Waals surface area contributed by atoms with Crippen molar-refractivity contribution < 1.29 is 9.18 Å². The molecule has 0 saturated carbocycles. The second-order valence-corrected chi connectivity index (χ2v) is 6.43. The van der Waals surface area contributed by atoms with E-state index in [1.54, 1.807) is 0 Å². The molecule has 0 unspecified atom stereocenters. The van der Waals surface area contributed by atoms with Gasteiger partial charge in [-0.1, -0.05) is 13.8 Å². The third-order valence-electron chi connectivity index (χ3n) is 4.35. The zero-order valence-electron chi connectivity index (χ0n) is 14.0. The summed E-state index contributed by atoms with van der Waals surface area (Å²) >= 11 is 0. The van der Waals surface area contributed by atoms with E-state index in [1.807, 2.05) is 10.5 Å². The van der Waals surface area contributed by atoms with Crippen LogP contribution < -0.4 is 5.32 Å². The van der Waals surface area contributed by atoms with E-state index >= 15 is 0 Å². The molecule has 25 heavy (non-hydrogen) atoms. The SMILES string of the molecule is CC(C)c1nnc2c(C(=O)Nc3ncc(F)cn3)cc3c(n12)CCC3. The van der Waals surface area contributed by atoms with Gasteiger partial charge in [0.05, 0.1) is 18.0 Å². The van der Waals surface area contributed by atoms with Crippen molar-refractivity contribution in [2.75, 3.05) is 5.32 Å². The molecular formula is C17H17FN6O. The lowest BCUT2D eigenvalue weighted by Gasteiger charge is -2.12. The van der Waals surface area contributed by atoms with Gasteiger partial charge in [-0.15, -0.1) is 10.2 Å². The van der Waals surface area contributed by atoms with Gasteiger partial charge in [-0.25, -0.2) is 14.4 Å². The first-order chi connectivity index (χ1) is 12.0. The minimum Gasteiger partial charge on any atom is -0.290 e. The summed E-state index contributed by atoms with van der Waals surface area (Å²) in [4.78, 5) is 20.3. The van der Waals surface area contributed by atoms with Crippen LogP contribution in [0.25, 0.3) is 5.65 Å². The summed E-state index contributed by atoms with van der Waals surface area (Å²) in [5, 5.41) is 11.1. The number of carbonyl (C=O) groups is 1. The highest BCUT2D eigenvalue weighted by Crippen LogP contribution is 2.28. The molecule has 1 amide bonds.